The van der Waals surface area contributed by atoms with Crippen LogP contribution in [0.4, 0.5) is 0 Å². The topological polar surface area (TPSA) is 69.7 Å². The van der Waals surface area contributed by atoms with Crippen molar-refractivity contribution in [1.29, 1.82) is 0 Å². The Balaban J connectivity index is 4.09. The first kappa shape index (κ1) is 19.4. The minimum Gasteiger partial charge on any atom is -0.461 e. The Bertz CT molecular complexity index is 358. The molecule has 110 valence electrons. The van der Waals surface area contributed by atoms with Crippen molar-refractivity contribution in [1.82, 2.24) is 0 Å². The van der Waals surface area contributed by atoms with Crippen molar-refractivity contribution in [2.45, 2.75) is 14.0 Å². The van der Waals surface area contributed by atoms with Crippen LogP contribution in [-0.2, 0) is 23.9 Å². The van der Waals surface area contributed by atoms with Crippen LogP contribution in [-0.4, -0.2) is 38.5 Å². The standard InChI is InChI=1S/C8H6Cl6O5/c9-7(10,11)2-18-5(16)1-4(15)6(17)19-3-8(12,13)14/h1-3H2. The summed E-state index contributed by atoms with van der Waals surface area (Å²) in [5, 5.41) is 0. The molecule has 0 aliphatic heterocycles. The molecule has 11 heteroatoms. The maximum absolute atomic E-state index is 11.2. The highest BCUT2D eigenvalue weighted by Gasteiger charge is 2.27. The quantitative estimate of drug-likeness (QED) is 0.310. The van der Waals surface area contributed by atoms with Gasteiger partial charge in [-0.3, -0.25) is 9.59 Å². The van der Waals surface area contributed by atoms with Crippen molar-refractivity contribution < 1.29 is 23.9 Å². The highest BCUT2D eigenvalue weighted by Crippen LogP contribution is 2.26. The molecule has 0 aromatic heterocycles. The zero-order valence-electron chi connectivity index (χ0n) is 8.93. The molecule has 0 heterocycles. The van der Waals surface area contributed by atoms with Gasteiger partial charge in [0.25, 0.3) is 5.78 Å². The molecule has 0 N–H and O–H groups in total. The molecule has 0 aliphatic rings. The fourth-order valence-corrected chi connectivity index (χ4v) is 0.972. The fourth-order valence-electron chi connectivity index (χ4n) is 0.644. The van der Waals surface area contributed by atoms with Crippen LogP contribution in [0.2, 0.25) is 0 Å². The molecule has 0 spiro atoms. The van der Waals surface area contributed by atoms with Crippen molar-refractivity contribution in [2.24, 2.45) is 0 Å². The molecule has 0 rings (SSSR count). The molecule has 0 aromatic rings. The molecule has 0 amide bonds. The summed E-state index contributed by atoms with van der Waals surface area (Å²) in [6, 6.07) is 0. The van der Waals surface area contributed by atoms with Gasteiger partial charge in [-0.05, 0) is 0 Å². The first-order chi connectivity index (χ1) is 8.41. The number of carbonyl (C=O) groups excluding carboxylic acids is 3. The molecule has 0 radical (unpaired) electrons. The number of esters is 2. The third kappa shape index (κ3) is 11.8. The normalized spacial score (nSPS) is 11.9. The first-order valence-corrected chi connectivity index (χ1v) is 6.66. The van der Waals surface area contributed by atoms with Gasteiger partial charge in [0.1, 0.15) is 19.6 Å². The summed E-state index contributed by atoms with van der Waals surface area (Å²) in [6.07, 6.45) is -0.876. The highest BCUT2D eigenvalue weighted by molar-refractivity contribution is 6.68. The molecule has 0 atom stereocenters. The minimum absolute atomic E-state index is 0.563. The van der Waals surface area contributed by atoms with E-state index < -0.39 is 44.9 Å². The molecule has 0 unspecified atom stereocenters. The average Bonchev–Trinajstić information content (AvgIpc) is 2.21. The maximum atomic E-state index is 11.2. The molecule has 0 bridgehead atoms. The second kappa shape index (κ2) is 7.96. The summed E-state index contributed by atoms with van der Waals surface area (Å²) >= 11 is 31.8. The third-order valence-electron chi connectivity index (χ3n) is 1.30. The Morgan fingerprint density at radius 3 is 1.63 bits per heavy atom. The monoisotopic (exact) mass is 392 g/mol. The van der Waals surface area contributed by atoms with Gasteiger partial charge in [-0.25, -0.2) is 4.79 Å². The van der Waals surface area contributed by atoms with Crippen LogP contribution in [0.3, 0.4) is 0 Å². The summed E-state index contributed by atoms with van der Waals surface area (Å²) in [5.41, 5.74) is 0. The van der Waals surface area contributed by atoms with Gasteiger partial charge in [-0.2, -0.15) is 0 Å². The molecule has 19 heavy (non-hydrogen) atoms. The Morgan fingerprint density at radius 2 is 1.21 bits per heavy atom. The van der Waals surface area contributed by atoms with Gasteiger partial charge >= 0.3 is 11.9 Å². The van der Waals surface area contributed by atoms with E-state index in [1.807, 2.05) is 0 Å². The second-order valence-corrected chi connectivity index (χ2v) is 8.10. The number of ether oxygens (including phenoxy) is 2. The zero-order chi connectivity index (χ0) is 15.3. The summed E-state index contributed by atoms with van der Waals surface area (Å²) in [5.74, 6) is -3.57. The highest BCUT2D eigenvalue weighted by atomic mass is 35.6. The largest absolute Gasteiger partial charge is 0.461 e. The van der Waals surface area contributed by atoms with Crippen molar-refractivity contribution in [3.05, 3.63) is 0 Å². The van der Waals surface area contributed by atoms with E-state index in [4.69, 9.17) is 69.6 Å². The number of hydrogen-bond acceptors (Lipinski definition) is 5. The smallest absolute Gasteiger partial charge is 0.375 e. The first-order valence-electron chi connectivity index (χ1n) is 4.40. The van der Waals surface area contributed by atoms with E-state index in [9.17, 15) is 14.4 Å². The van der Waals surface area contributed by atoms with E-state index in [2.05, 4.69) is 9.47 Å². The van der Waals surface area contributed by atoms with Crippen LogP contribution in [0, 0.1) is 0 Å². The molecule has 5 nitrogen and oxygen atoms in total. The van der Waals surface area contributed by atoms with Gasteiger partial charge in [0.15, 0.2) is 0 Å². The number of ketones is 1. The second-order valence-electron chi connectivity index (χ2n) is 3.07. The predicted octanol–water partition coefficient (Wildman–Crippen LogP) is 2.77. The summed E-state index contributed by atoms with van der Waals surface area (Å²) in [6.45, 7) is -1.20. The van der Waals surface area contributed by atoms with Crippen molar-refractivity contribution >= 4 is 87.3 Å². The van der Waals surface area contributed by atoms with Gasteiger partial charge < -0.3 is 9.47 Å². The maximum Gasteiger partial charge on any atom is 0.375 e. The van der Waals surface area contributed by atoms with Gasteiger partial charge in [0, 0.05) is 0 Å². The Kier molecular flexibility index (Phi) is 8.10. The molecule has 0 saturated heterocycles. The molecule has 0 fully saturated rings. The summed E-state index contributed by atoms with van der Waals surface area (Å²) < 4.78 is 5.11. The predicted molar refractivity (Wildman–Crippen MR) is 72.1 cm³/mol. The van der Waals surface area contributed by atoms with Crippen molar-refractivity contribution in [3.8, 4) is 0 Å². The molecule has 0 saturated carbocycles. The Labute approximate surface area is 138 Å². The number of Topliss-reactive ketones (excluding diaryl/α,β-unsaturated/α-hetero) is 1. The van der Waals surface area contributed by atoms with E-state index in [0.29, 0.717) is 0 Å². The van der Waals surface area contributed by atoms with Crippen LogP contribution < -0.4 is 0 Å². The van der Waals surface area contributed by atoms with Gasteiger partial charge in [0.2, 0.25) is 7.59 Å². The van der Waals surface area contributed by atoms with E-state index in [0.717, 1.165) is 0 Å². The van der Waals surface area contributed by atoms with E-state index >= 15 is 0 Å². The van der Waals surface area contributed by atoms with E-state index in [-0.39, 0.29) is 0 Å². The number of carbonyl (C=O) groups is 3. The minimum atomic E-state index is -1.86. The summed E-state index contributed by atoms with van der Waals surface area (Å²) in [7, 11) is 0. The molecule has 0 aromatic carbocycles. The van der Waals surface area contributed by atoms with Gasteiger partial charge in [-0.15, -0.1) is 0 Å². The number of rotatable bonds is 5. The lowest BCUT2D eigenvalue weighted by Crippen LogP contribution is -2.26. The summed E-state index contributed by atoms with van der Waals surface area (Å²) in [4.78, 5) is 33.4. The molecular weight excluding hydrogens is 389 g/mol. The van der Waals surface area contributed by atoms with Gasteiger partial charge in [-0.1, -0.05) is 69.6 Å². The lowest BCUT2D eigenvalue weighted by molar-refractivity contribution is -0.157. The van der Waals surface area contributed by atoms with Crippen molar-refractivity contribution in [3.63, 3.8) is 0 Å². The number of alkyl halides is 6. The van der Waals surface area contributed by atoms with Crippen LogP contribution in [0.15, 0.2) is 0 Å². The Hall–Kier alpha value is 0.350. The zero-order valence-corrected chi connectivity index (χ0v) is 13.5. The number of hydrogen-bond donors (Lipinski definition) is 0. The lowest BCUT2D eigenvalue weighted by atomic mass is 10.3. The average molecular weight is 395 g/mol. The van der Waals surface area contributed by atoms with Crippen molar-refractivity contribution in [2.75, 3.05) is 13.2 Å². The van der Waals surface area contributed by atoms with Crippen LogP contribution in [0.1, 0.15) is 6.42 Å². The third-order valence-corrected chi connectivity index (χ3v) is 1.95. The van der Waals surface area contributed by atoms with E-state index in [1.165, 1.54) is 0 Å². The van der Waals surface area contributed by atoms with E-state index in [1.54, 1.807) is 0 Å². The lowest BCUT2D eigenvalue weighted by Gasteiger charge is -2.12. The molecule has 0 aliphatic carbocycles. The van der Waals surface area contributed by atoms with Crippen LogP contribution in [0.5, 0.6) is 0 Å². The van der Waals surface area contributed by atoms with Crippen LogP contribution >= 0.6 is 69.6 Å². The van der Waals surface area contributed by atoms with Crippen LogP contribution in [0.25, 0.3) is 0 Å². The molecular formula is C8H6Cl6O5. The van der Waals surface area contributed by atoms with Gasteiger partial charge in [0.05, 0.1) is 0 Å². The fraction of sp³-hybridized carbons (Fsp3) is 0.625. The Morgan fingerprint density at radius 1 is 0.789 bits per heavy atom. The number of halogens is 6. The SMILES string of the molecule is O=C(CC(=O)C(=O)OCC(Cl)(Cl)Cl)OCC(Cl)(Cl)Cl.